The number of benzene rings is 1. The van der Waals surface area contributed by atoms with Crippen LogP contribution in [-0.4, -0.2) is 12.1 Å². The Kier molecular flexibility index (Phi) is 5.15. The van der Waals surface area contributed by atoms with E-state index in [1.807, 2.05) is 30.5 Å². The molecule has 20 heavy (non-hydrogen) atoms. The molecule has 1 heterocycles. The predicted molar refractivity (Wildman–Crippen MR) is 84.9 cm³/mol. The number of aromatic nitrogens is 1. The van der Waals surface area contributed by atoms with Gasteiger partial charge < -0.3 is 10.5 Å². The lowest BCUT2D eigenvalue weighted by molar-refractivity contribution is 0.413. The largest absolute Gasteiger partial charge is 0.497 e. The number of pyridine rings is 1. The fraction of sp³-hybridized carbons (Fsp3) is 0.312. The molecule has 1 unspecified atom stereocenters. The average molecular weight is 335 g/mol. The van der Waals surface area contributed by atoms with Gasteiger partial charge >= 0.3 is 0 Å². The molecule has 3 nitrogen and oxygen atoms in total. The van der Waals surface area contributed by atoms with Crippen molar-refractivity contribution >= 4 is 15.9 Å². The van der Waals surface area contributed by atoms with Crippen molar-refractivity contribution in [2.24, 2.45) is 5.73 Å². The summed E-state index contributed by atoms with van der Waals surface area (Å²) in [6.07, 6.45) is 3.62. The van der Waals surface area contributed by atoms with Crippen molar-refractivity contribution in [3.8, 4) is 5.75 Å². The van der Waals surface area contributed by atoms with Crippen LogP contribution in [-0.2, 0) is 12.8 Å². The topological polar surface area (TPSA) is 48.1 Å². The van der Waals surface area contributed by atoms with E-state index in [1.165, 1.54) is 5.56 Å². The van der Waals surface area contributed by atoms with E-state index in [9.17, 15) is 0 Å². The molecule has 0 spiro atoms. The van der Waals surface area contributed by atoms with Crippen LogP contribution in [0.2, 0.25) is 0 Å². The number of halogens is 1. The average Bonchev–Trinajstić information content (AvgIpc) is 2.48. The smallest absolute Gasteiger partial charge is 0.119 e. The summed E-state index contributed by atoms with van der Waals surface area (Å²) < 4.78 is 6.24. The third-order valence-corrected chi connectivity index (χ3v) is 4.05. The molecule has 0 saturated carbocycles. The number of hydrogen-bond donors (Lipinski definition) is 1. The Morgan fingerprint density at radius 2 is 2.10 bits per heavy atom. The van der Waals surface area contributed by atoms with Gasteiger partial charge in [0.2, 0.25) is 0 Å². The van der Waals surface area contributed by atoms with Crippen LogP contribution >= 0.6 is 15.9 Å². The predicted octanol–water partition coefficient (Wildman–Crippen LogP) is 3.66. The summed E-state index contributed by atoms with van der Waals surface area (Å²) in [5, 5.41) is 0. The van der Waals surface area contributed by atoms with Gasteiger partial charge in [-0.2, -0.15) is 0 Å². The third-order valence-electron chi connectivity index (χ3n) is 3.33. The second kappa shape index (κ2) is 6.86. The lowest BCUT2D eigenvalue weighted by atomic mass is 10.0. The minimum Gasteiger partial charge on any atom is -0.497 e. The molecule has 4 heteroatoms. The van der Waals surface area contributed by atoms with Crippen LogP contribution in [0.4, 0.5) is 0 Å². The van der Waals surface area contributed by atoms with E-state index in [1.54, 1.807) is 7.11 Å². The first-order valence-corrected chi connectivity index (χ1v) is 7.46. The fourth-order valence-corrected chi connectivity index (χ4v) is 2.59. The van der Waals surface area contributed by atoms with Crippen molar-refractivity contribution in [3.05, 3.63) is 57.8 Å². The number of methoxy groups -OCH3 is 1. The summed E-state index contributed by atoms with van der Waals surface area (Å²) in [7, 11) is 1.66. The van der Waals surface area contributed by atoms with Gasteiger partial charge in [0, 0.05) is 28.8 Å². The van der Waals surface area contributed by atoms with Gasteiger partial charge in [-0.3, -0.25) is 4.98 Å². The molecule has 0 radical (unpaired) electrons. The van der Waals surface area contributed by atoms with Crippen LogP contribution in [0.25, 0.3) is 0 Å². The molecular weight excluding hydrogens is 316 g/mol. The van der Waals surface area contributed by atoms with Crippen LogP contribution in [0.1, 0.15) is 29.8 Å². The van der Waals surface area contributed by atoms with Crippen molar-refractivity contribution in [1.29, 1.82) is 0 Å². The molecular formula is C16H19BrN2O. The van der Waals surface area contributed by atoms with Crippen LogP contribution in [0.5, 0.6) is 5.75 Å². The first-order valence-electron chi connectivity index (χ1n) is 6.67. The zero-order valence-corrected chi connectivity index (χ0v) is 13.4. The highest BCUT2D eigenvalue weighted by molar-refractivity contribution is 9.10. The van der Waals surface area contributed by atoms with Gasteiger partial charge in [-0.1, -0.05) is 28.9 Å². The molecule has 106 valence electrons. The van der Waals surface area contributed by atoms with Crippen LogP contribution in [0.3, 0.4) is 0 Å². The van der Waals surface area contributed by atoms with Crippen LogP contribution < -0.4 is 10.5 Å². The summed E-state index contributed by atoms with van der Waals surface area (Å²) in [5.74, 6) is 0.813. The summed E-state index contributed by atoms with van der Waals surface area (Å²) in [6, 6.07) is 9.88. The second-order valence-corrected chi connectivity index (χ2v) is 5.56. The van der Waals surface area contributed by atoms with E-state index in [-0.39, 0.29) is 6.04 Å². The van der Waals surface area contributed by atoms with Gasteiger partial charge in [-0.25, -0.2) is 0 Å². The van der Waals surface area contributed by atoms with Crippen molar-refractivity contribution in [1.82, 2.24) is 4.98 Å². The Labute approximate surface area is 128 Å². The Hall–Kier alpha value is -1.39. The van der Waals surface area contributed by atoms with E-state index in [4.69, 9.17) is 10.5 Å². The molecule has 0 bridgehead atoms. The molecule has 1 aromatic carbocycles. The minimum atomic E-state index is -0.112. The fourth-order valence-electron chi connectivity index (χ4n) is 2.05. The van der Waals surface area contributed by atoms with E-state index < -0.39 is 0 Å². The highest BCUT2D eigenvalue weighted by Gasteiger charge is 2.12. The molecule has 2 N–H and O–H groups in total. The van der Waals surface area contributed by atoms with Crippen LogP contribution in [0, 0.1) is 0 Å². The Morgan fingerprint density at radius 1 is 1.30 bits per heavy atom. The summed E-state index contributed by atoms with van der Waals surface area (Å²) >= 11 is 3.54. The molecule has 0 aliphatic rings. The monoisotopic (exact) mass is 334 g/mol. The van der Waals surface area contributed by atoms with E-state index in [0.717, 1.165) is 27.9 Å². The van der Waals surface area contributed by atoms with Gasteiger partial charge in [0.15, 0.2) is 0 Å². The van der Waals surface area contributed by atoms with E-state index in [2.05, 4.69) is 33.9 Å². The van der Waals surface area contributed by atoms with Gasteiger partial charge in [0.1, 0.15) is 5.75 Å². The van der Waals surface area contributed by atoms with Crippen molar-refractivity contribution in [2.45, 2.75) is 25.8 Å². The summed E-state index contributed by atoms with van der Waals surface area (Å²) in [5.41, 5.74) is 9.57. The minimum absolute atomic E-state index is 0.112. The van der Waals surface area contributed by atoms with Gasteiger partial charge in [0.25, 0.3) is 0 Å². The quantitative estimate of drug-likeness (QED) is 0.907. The molecule has 0 saturated heterocycles. The zero-order valence-electron chi connectivity index (χ0n) is 11.8. The highest BCUT2D eigenvalue weighted by atomic mass is 79.9. The maximum absolute atomic E-state index is 6.30. The normalized spacial score (nSPS) is 12.2. The molecule has 0 fully saturated rings. The summed E-state index contributed by atoms with van der Waals surface area (Å²) in [4.78, 5) is 4.46. The molecule has 0 aliphatic heterocycles. The number of nitrogens with zero attached hydrogens (tertiary/aromatic N) is 1. The number of rotatable bonds is 5. The lowest BCUT2D eigenvalue weighted by Crippen LogP contribution is -2.15. The molecule has 2 rings (SSSR count). The van der Waals surface area contributed by atoms with Crippen molar-refractivity contribution < 1.29 is 4.74 Å². The molecule has 0 aliphatic carbocycles. The molecule has 1 aromatic heterocycles. The first-order chi connectivity index (χ1) is 9.63. The Morgan fingerprint density at radius 3 is 2.70 bits per heavy atom. The van der Waals surface area contributed by atoms with Crippen molar-refractivity contribution in [3.63, 3.8) is 0 Å². The van der Waals surface area contributed by atoms with Crippen molar-refractivity contribution in [2.75, 3.05) is 7.11 Å². The zero-order chi connectivity index (χ0) is 14.5. The van der Waals surface area contributed by atoms with Crippen LogP contribution in [0.15, 0.2) is 41.0 Å². The first kappa shape index (κ1) is 15.0. The number of hydrogen-bond acceptors (Lipinski definition) is 3. The molecule has 1 atom stereocenters. The maximum Gasteiger partial charge on any atom is 0.119 e. The summed E-state index contributed by atoms with van der Waals surface area (Å²) in [6.45, 7) is 2.12. The maximum atomic E-state index is 6.30. The van der Waals surface area contributed by atoms with E-state index in [0.29, 0.717) is 6.42 Å². The number of aryl methyl sites for hydroxylation is 1. The van der Waals surface area contributed by atoms with Gasteiger partial charge in [-0.15, -0.1) is 0 Å². The second-order valence-electron chi connectivity index (χ2n) is 4.71. The Bertz CT molecular complexity index is 569. The molecule has 2 aromatic rings. The standard InChI is InChI=1S/C16H19BrN2O/c1-3-11-4-5-12(19-10-11)8-16(18)14-9-13(20-2)6-7-15(14)17/h4-7,9-10,16H,3,8,18H2,1-2H3. The lowest BCUT2D eigenvalue weighted by Gasteiger charge is -2.15. The number of ether oxygens (including phenoxy) is 1. The van der Waals surface area contributed by atoms with E-state index >= 15 is 0 Å². The highest BCUT2D eigenvalue weighted by Crippen LogP contribution is 2.28. The molecule has 0 amide bonds. The SMILES string of the molecule is CCc1ccc(CC(N)c2cc(OC)ccc2Br)nc1. The third kappa shape index (κ3) is 3.58. The van der Waals surface area contributed by atoms with Gasteiger partial charge in [-0.05, 0) is 41.8 Å². The van der Waals surface area contributed by atoms with Gasteiger partial charge in [0.05, 0.1) is 7.11 Å². The Balaban J connectivity index is 2.16. The number of nitrogens with two attached hydrogens (primary N) is 1.